The second-order valence-electron chi connectivity index (χ2n) is 4.77. The van der Waals surface area contributed by atoms with Crippen molar-refractivity contribution < 1.29 is 18.8 Å². The molecular weight excluding hydrogens is 212 g/mol. The van der Waals surface area contributed by atoms with Crippen LogP contribution in [0.25, 0.3) is 0 Å². The van der Waals surface area contributed by atoms with Crippen molar-refractivity contribution >= 4 is 14.5 Å². The molecule has 3 atom stereocenters. The van der Waals surface area contributed by atoms with E-state index in [4.69, 9.17) is 14.0 Å². The van der Waals surface area contributed by atoms with Crippen molar-refractivity contribution in [1.82, 2.24) is 0 Å². The van der Waals surface area contributed by atoms with Crippen LogP contribution in [0.3, 0.4) is 0 Å². The maximum absolute atomic E-state index is 11.0. The topological polar surface area (TPSA) is 55.8 Å². The van der Waals surface area contributed by atoms with E-state index < -0.39 is 14.5 Å². The highest BCUT2D eigenvalue weighted by Gasteiger charge is 2.53. The second-order valence-corrected chi connectivity index (χ2v) is 8.57. The largest absolute Gasteiger partial charge is 0.481 e. The number of carbonyl (C=O) groups is 1. The van der Waals surface area contributed by atoms with Crippen molar-refractivity contribution in [2.45, 2.75) is 44.4 Å². The highest BCUT2D eigenvalue weighted by Crippen LogP contribution is 2.41. The average molecular weight is 230 g/mol. The van der Waals surface area contributed by atoms with Crippen LogP contribution in [0.2, 0.25) is 11.6 Å². The highest BCUT2D eigenvalue weighted by atomic mass is 28.4. The maximum atomic E-state index is 11.0. The van der Waals surface area contributed by atoms with Crippen molar-refractivity contribution in [2.24, 2.45) is 5.92 Å². The lowest BCUT2D eigenvalue weighted by Crippen LogP contribution is -2.40. The monoisotopic (exact) mass is 230 g/mol. The molecule has 0 saturated carbocycles. The molecule has 86 valence electrons. The second kappa shape index (κ2) is 3.88. The third-order valence-corrected chi connectivity index (χ3v) is 7.70. The summed E-state index contributed by atoms with van der Waals surface area (Å²) in [5.41, 5.74) is 0.412. The van der Waals surface area contributed by atoms with E-state index >= 15 is 0 Å². The minimum atomic E-state index is -2.06. The predicted octanol–water partition coefficient (Wildman–Crippen LogP) is 1.75. The van der Waals surface area contributed by atoms with E-state index in [2.05, 4.69) is 13.8 Å². The maximum Gasteiger partial charge on any atom is 0.341 e. The summed E-state index contributed by atoms with van der Waals surface area (Å²) in [7, 11) is -2.06. The van der Waals surface area contributed by atoms with Gasteiger partial charge in [-0.2, -0.15) is 0 Å². The Morgan fingerprint density at radius 2 is 2.27 bits per heavy atom. The van der Waals surface area contributed by atoms with Crippen molar-refractivity contribution in [2.75, 3.05) is 6.61 Å². The minimum Gasteiger partial charge on any atom is -0.481 e. The summed E-state index contributed by atoms with van der Waals surface area (Å²) in [5, 5.41) is 9.09. The minimum absolute atomic E-state index is 0.195. The van der Waals surface area contributed by atoms with Crippen molar-refractivity contribution in [1.29, 1.82) is 0 Å². The molecule has 0 spiro atoms. The number of hydrogen-bond donors (Lipinski definition) is 1. The highest BCUT2D eigenvalue weighted by molar-refractivity contribution is 6.69. The van der Waals surface area contributed by atoms with E-state index in [1.54, 1.807) is 0 Å². The summed E-state index contributed by atoms with van der Waals surface area (Å²) in [5.74, 6) is -1.10. The van der Waals surface area contributed by atoms with Crippen LogP contribution >= 0.6 is 0 Å². The molecule has 0 aromatic heterocycles. The zero-order valence-corrected chi connectivity index (χ0v) is 10.2. The Balaban J connectivity index is 2.17. The molecule has 3 unspecified atom stereocenters. The molecule has 0 aromatic rings. The molecule has 15 heavy (non-hydrogen) atoms. The Hall–Kier alpha value is -0.393. The van der Waals surface area contributed by atoms with Crippen molar-refractivity contribution in [3.8, 4) is 0 Å². The number of carboxylic acids is 1. The number of hydrogen-bond acceptors (Lipinski definition) is 3. The van der Waals surface area contributed by atoms with Crippen LogP contribution < -0.4 is 0 Å². The molecule has 5 heteroatoms. The molecule has 2 aliphatic heterocycles. The lowest BCUT2D eigenvalue weighted by molar-refractivity contribution is -0.145. The number of fused-ring (bicyclic) bond motifs is 2. The van der Waals surface area contributed by atoms with Gasteiger partial charge in [-0.3, -0.25) is 4.79 Å². The van der Waals surface area contributed by atoms with Gasteiger partial charge in [-0.15, -0.1) is 0 Å². The van der Waals surface area contributed by atoms with Crippen LogP contribution in [0.15, 0.2) is 0 Å². The first-order valence-corrected chi connectivity index (χ1v) is 7.70. The van der Waals surface area contributed by atoms with Gasteiger partial charge in [0.15, 0.2) is 0 Å². The lowest BCUT2D eigenvalue weighted by atomic mass is 9.98. The molecule has 2 aliphatic rings. The molecule has 0 radical (unpaired) electrons. The van der Waals surface area contributed by atoms with Gasteiger partial charge < -0.3 is 14.0 Å². The fourth-order valence-electron chi connectivity index (χ4n) is 2.51. The fourth-order valence-corrected chi connectivity index (χ4v) is 5.91. The predicted molar refractivity (Wildman–Crippen MR) is 56.8 cm³/mol. The van der Waals surface area contributed by atoms with Gasteiger partial charge in [0.05, 0.1) is 18.6 Å². The van der Waals surface area contributed by atoms with Gasteiger partial charge in [0, 0.05) is 0 Å². The number of aliphatic carboxylic acids is 1. The van der Waals surface area contributed by atoms with Crippen molar-refractivity contribution in [3.63, 3.8) is 0 Å². The van der Waals surface area contributed by atoms with Crippen LogP contribution in [0.4, 0.5) is 0 Å². The molecule has 0 amide bonds. The summed E-state index contributed by atoms with van der Waals surface area (Å²) in [6.07, 6.45) is 1.47. The van der Waals surface area contributed by atoms with E-state index in [0.29, 0.717) is 12.1 Å². The smallest absolute Gasteiger partial charge is 0.341 e. The van der Waals surface area contributed by atoms with Gasteiger partial charge in [-0.1, -0.05) is 20.3 Å². The van der Waals surface area contributed by atoms with E-state index in [1.165, 1.54) is 0 Å². The fraction of sp³-hybridized carbons (Fsp3) is 0.900. The van der Waals surface area contributed by atoms with Gasteiger partial charge in [0.1, 0.15) is 0 Å². The summed E-state index contributed by atoms with van der Waals surface area (Å²) >= 11 is 0. The zero-order chi connectivity index (χ0) is 11.1. The molecule has 2 rings (SSSR count). The molecule has 2 heterocycles. The van der Waals surface area contributed by atoms with E-state index in [9.17, 15) is 4.79 Å². The average Bonchev–Trinajstić information content (AvgIpc) is 2.43. The van der Waals surface area contributed by atoms with Gasteiger partial charge in [0.25, 0.3) is 0 Å². The van der Waals surface area contributed by atoms with E-state index in [1.807, 2.05) is 0 Å². The van der Waals surface area contributed by atoms with Crippen LogP contribution in [0, 0.1) is 5.92 Å². The Bertz CT molecular complexity index is 268. The Morgan fingerprint density at radius 1 is 1.53 bits per heavy atom. The first-order valence-electron chi connectivity index (χ1n) is 5.60. The number of rotatable bonds is 2. The first kappa shape index (κ1) is 11.1. The van der Waals surface area contributed by atoms with Gasteiger partial charge in [0.2, 0.25) is 0 Å². The third-order valence-electron chi connectivity index (χ3n) is 3.53. The molecular formula is C10H18O4Si. The van der Waals surface area contributed by atoms with Gasteiger partial charge in [-0.25, -0.2) is 0 Å². The summed E-state index contributed by atoms with van der Waals surface area (Å²) in [6, 6.07) is 0.949. The zero-order valence-electron chi connectivity index (χ0n) is 9.23. The quantitative estimate of drug-likeness (QED) is 0.734. The standard InChI is InChI=1S/C10H18O4Si/c1-7(2)15-5-3-4-8(10(11)12)9(14-15)6-13-15/h7-9H,3-6H2,1-2H3,(H,11,12). The normalized spacial score (nSPS) is 40.5. The Morgan fingerprint density at radius 3 is 2.87 bits per heavy atom. The SMILES string of the molecule is CC(C)[Si]12CCCC(C(=O)O)C(CO1)O2. The molecule has 2 fully saturated rings. The van der Waals surface area contributed by atoms with Crippen LogP contribution in [-0.4, -0.2) is 32.3 Å². The Kier molecular flexibility index (Phi) is 2.87. The summed E-state index contributed by atoms with van der Waals surface area (Å²) < 4.78 is 11.8. The first-order chi connectivity index (χ1) is 7.05. The molecule has 0 aliphatic carbocycles. The van der Waals surface area contributed by atoms with Crippen molar-refractivity contribution in [3.05, 3.63) is 0 Å². The number of carboxylic acid groups (broad SMARTS) is 1. The van der Waals surface area contributed by atoms with E-state index in [-0.39, 0.29) is 12.0 Å². The van der Waals surface area contributed by atoms with E-state index in [0.717, 1.165) is 18.9 Å². The van der Waals surface area contributed by atoms with Gasteiger partial charge >= 0.3 is 14.5 Å². The summed E-state index contributed by atoms with van der Waals surface area (Å²) in [4.78, 5) is 11.0. The van der Waals surface area contributed by atoms with Gasteiger partial charge in [-0.05, 0) is 18.0 Å². The lowest BCUT2D eigenvalue weighted by Gasteiger charge is -2.26. The molecule has 2 saturated heterocycles. The van der Waals surface area contributed by atoms with Crippen LogP contribution in [0.1, 0.15) is 26.7 Å². The third kappa shape index (κ3) is 1.83. The Labute approximate surface area is 90.8 Å². The van der Waals surface area contributed by atoms with Crippen LogP contribution in [-0.2, 0) is 13.6 Å². The molecule has 4 nitrogen and oxygen atoms in total. The summed E-state index contributed by atoms with van der Waals surface area (Å²) in [6.45, 7) is 4.73. The molecule has 2 bridgehead atoms. The van der Waals surface area contributed by atoms with Crippen LogP contribution in [0.5, 0.6) is 0 Å². The molecule has 0 aromatic carbocycles. The molecule has 1 N–H and O–H groups in total.